The van der Waals surface area contributed by atoms with Crippen molar-refractivity contribution >= 4 is 15.9 Å². The number of rotatable bonds is 6. The van der Waals surface area contributed by atoms with E-state index in [4.69, 9.17) is 0 Å². The normalized spacial score (nSPS) is 16.5. The van der Waals surface area contributed by atoms with Gasteiger partial charge in [0.1, 0.15) is 0 Å². The van der Waals surface area contributed by atoms with Crippen molar-refractivity contribution in [3.05, 3.63) is 29.8 Å². The first-order valence-corrected chi connectivity index (χ1v) is 10.0. The maximum Gasteiger partial charge on any atom is 0.416 e. The molecule has 1 N–H and O–H groups in total. The average Bonchev–Trinajstić information content (AvgIpc) is 2.61. The second kappa shape index (κ2) is 8.39. The van der Waals surface area contributed by atoms with Crippen LogP contribution in [0.15, 0.2) is 29.2 Å². The summed E-state index contributed by atoms with van der Waals surface area (Å²) in [6, 6.07) is 3.70. The van der Waals surface area contributed by atoms with Gasteiger partial charge in [-0.25, -0.2) is 13.1 Å². The van der Waals surface area contributed by atoms with Crippen LogP contribution in [0.2, 0.25) is 0 Å². The van der Waals surface area contributed by atoms with E-state index in [1.165, 1.54) is 0 Å². The molecule has 146 valence electrons. The van der Waals surface area contributed by atoms with E-state index >= 15 is 0 Å². The largest absolute Gasteiger partial charge is 0.416 e. The summed E-state index contributed by atoms with van der Waals surface area (Å²) in [6.07, 6.45) is 0.538. The van der Waals surface area contributed by atoms with Crippen LogP contribution in [0.1, 0.15) is 44.1 Å². The zero-order chi connectivity index (χ0) is 19.4. The molecule has 5 nitrogen and oxygen atoms in total. The number of sulfonamides is 1. The molecule has 9 heteroatoms. The fourth-order valence-corrected chi connectivity index (χ4v) is 4.14. The van der Waals surface area contributed by atoms with E-state index < -0.39 is 26.7 Å². The molecule has 2 rings (SSSR count). The van der Waals surface area contributed by atoms with Gasteiger partial charge in [-0.05, 0) is 31.0 Å². The number of halogens is 3. The minimum atomic E-state index is -4.62. The minimum Gasteiger partial charge on any atom is -0.343 e. The van der Waals surface area contributed by atoms with E-state index in [2.05, 4.69) is 4.72 Å². The predicted octanol–water partition coefficient (Wildman–Crippen LogP) is 3.16. The number of alkyl halides is 3. The van der Waals surface area contributed by atoms with Crippen LogP contribution in [-0.2, 0) is 21.0 Å². The van der Waals surface area contributed by atoms with Crippen molar-refractivity contribution < 1.29 is 26.4 Å². The number of carbonyl (C=O) groups excluding carboxylic acids is 1. The maximum atomic E-state index is 12.7. The topological polar surface area (TPSA) is 66.5 Å². The van der Waals surface area contributed by atoms with Crippen molar-refractivity contribution in [3.63, 3.8) is 0 Å². The molecule has 0 bridgehead atoms. The Kier molecular flexibility index (Phi) is 6.68. The highest BCUT2D eigenvalue weighted by molar-refractivity contribution is 7.89. The van der Waals surface area contributed by atoms with E-state index in [0.717, 1.165) is 50.3 Å². The Labute approximate surface area is 151 Å². The van der Waals surface area contributed by atoms with Gasteiger partial charge in [-0.3, -0.25) is 4.79 Å². The van der Waals surface area contributed by atoms with Gasteiger partial charge in [0.25, 0.3) is 0 Å². The minimum absolute atomic E-state index is 0.0365. The van der Waals surface area contributed by atoms with Crippen molar-refractivity contribution in [2.45, 2.75) is 55.6 Å². The van der Waals surface area contributed by atoms with Gasteiger partial charge in [0, 0.05) is 26.1 Å². The van der Waals surface area contributed by atoms with Gasteiger partial charge in [0.05, 0.1) is 10.5 Å². The second-order valence-electron chi connectivity index (χ2n) is 6.47. The highest BCUT2D eigenvalue weighted by Crippen LogP contribution is 2.30. The van der Waals surface area contributed by atoms with E-state index in [9.17, 15) is 26.4 Å². The lowest BCUT2D eigenvalue weighted by Gasteiger charge is -2.31. The molecular weight excluding hydrogens is 369 g/mol. The summed E-state index contributed by atoms with van der Waals surface area (Å²) in [5.41, 5.74) is -1.03. The van der Waals surface area contributed by atoms with Gasteiger partial charge < -0.3 is 4.90 Å². The van der Waals surface area contributed by atoms with Crippen molar-refractivity contribution in [2.24, 2.45) is 0 Å². The number of amides is 1. The van der Waals surface area contributed by atoms with Crippen LogP contribution in [0.25, 0.3) is 0 Å². The molecule has 1 aliphatic carbocycles. The van der Waals surface area contributed by atoms with Gasteiger partial charge in [0.15, 0.2) is 0 Å². The lowest BCUT2D eigenvalue weighted by atomic mass is 9.94. The monoisotopic (exact) mass is 392 g/mol. The van der Waals surface area contributed by atoms with Crippen molar-refractivity contribution in [1.29, 1.82) is 0 Å². The average molecular weight is 392 g/mol. The van der Waals surface area contributed by atoms with Crippen LogP contribution in [-0.4, -0.2) is 38.9 Å². The van der Waals surface area contributed by atoms with Crippen molar-refractivity contribution in [1.82, 2.24) is 9.62 Å². The number of carbonyl (C=O) groups is 1. The Bertz CT molecular complexity index is 729. The van der Waals surface area contributed by atoms with Crippen LogP contribution in [0.4, 0.5) is 13.2 Å². The zero-order valence-electron chi connectivity index (χ0n) is 14.6. The Morgan fingerprint density at radius 2 is 1.88 bits per heavy atom. The van der Waals surface area contributed by atoms with E-state index in [-0.39, 0.29) is 24.9 Å². The van der Waals surface area contributed by atoms with Gasteiger partial charge in [0.2, 0.25) is 15.9 Å². The molecule has 1 aromatic carbocycles. The predicted molar refractivity (Wildman–Crippen MR) is 90.9 cm³/mol. The standard InChI is InChI=1S/C17H23F3N2O3S/c1-22(14-7-3-2-4-8-14)16(23)10-11-21-26(24,25)15-9-5-6-13(12-15)17(18,19)20/h5-6,9,12,14,21H,2-4,7-8,10-11H2,1H3. The third-order valence-electron chi connectivity index (χ3n) is 4.62. The zero-order valence-corrected chi connectivity index (χ0v) is 15.4. The molecule has 1 amide bonds. The van der Waals surface area contributed by atoms with Gasteiger partial charge in [-0.1, -0.05) is 25.3 Å². The smallest absolute Gasteiger partial charge is 0.343 e. The number of benzene rings is 1. The number of hydrogen-bond donors (Lipinski definition) is 1. The Morgan fingerprint density at radius 1 is 1.23 bits per heavy atom. The first-order chi connectivity index (χ1) is 12.1. The van der Waals surface area contributed by atoms with Gasteiger partial charge >= 0.3 is 6.18 Å². The molecule has 0 aromatic heterocycles. The molecule has 0 radical (unpaired) electrons. The lowest BCUT2D eigenvalue weighted by molar-refractivity contribution is -0.137. The Hall–Kier alpha value is -1.61. The van der Waals surface area contributed by atoms with Crippen LogP contribution in [0, 0.1) is 0 Å². The summed E-state index contributed by atoms with van der Waals surface area (Å²) in [4.78, 5) is 13.4. The lowest BCUT2D eigenvalue weighted by Crippen LogP contribution is -2.39. The molecular formula is C17H23F3N2O3S. The summed E-state index contributed by atoms with van der Waals surface area (Å²) in [7, 11) is -2.40. The quantitative estimate of drug-likeness (QED) is 0.809. The van der Waals surface area contributed by atoms with E-state index in [0.29, 0.717) is 6.07 Å². The molecule has 1 aliphatic rings. The Morgan fingerprint density at radius 3 is 2.50 bits per heavy atom. The molecule has 0 heterocycles. The summed E-state index contributed by atoms with van der Waals surface area (Å²) in [5, 5.41) is 0. The molecule has 0 unspecified atom stereocenters. The molecule has 1 aromatic rings. The van der Waals surface area contributed by atoms with Crippen LogP contribution in [0.3, 0.4) is 0 Å². The molecule has 26 heavy (non-hydrogen) atoms. The van der Waals surface area contributed by atoms with Crippen LogP contribution < -0.4 is 4.72 Å². The maximum absolute atomic E-state index is 12.7. The fraction of sp³-hybridized carbons (Fsp3) is 0.588. The molecule has 1 fully saturated rings. The first-order valence-electron chi connectivity index (χ1n) is 8.54. The molecule has 1 saturated carbocycles. The molecule has 0 aliphatic heterocycles. The Balaban J connectivity index is 1.93. The molecule has 0 spiro atoms. The second-order valence-corrected chi connectivity index (χ2v) is 8.24. The van der Waals surface area contributed by atoms with E-state index in [1.807, 2.05) is 0 Å². The van der Waals surface area contributed by atoms with Gasteiger partial charge in [-0.15, -0.1) is 0 Å². The number of nitrogens with one attached hydrogen (secondary N) is 1. The summed E-state index contributed by atoms with van der Waals surface area (Å²) < 4.78 is 64.7. The SMILES string of the molecule is CN(C(=O)CCNS(=O)(=O)c1cccc(C(F)(F)F)c1)C1CCCCC1. The fourth-order valence-electron chi connectivity index (χ4n) is 3.06. The summed E-state index contributed by atoms with van der Waals surface area (Å²) in [6.45, 7) is -0.158. The summed E-state index contributed by atoms with van der Waals surface area (Å²) >= 11 is 0. The molecule has 0 atom stereocenters. The van der Waals surface area contributed by atoms with Crippen LogP contribution >= 0.6 is 0 Å². The first kappa shape index (κ1) is 20.7. The summed E-state index contributed by atoms with van der Waals surface area (Å²) in [5.74, 6) is -0.177. The third-order valence-corrected chi connectivity index (χ3v) is 6.08. The van der Waals surface area contributed by atoms with Gasteiger partial charge in [-0.2, -0.15) is 13.2 Å². The number of hydrogen-bond acceptors (Lipinski definition) is 3. The highest BCUT2D eigenvalue weighted by atomic mass is 32.2. The third kappa shape index (κ3) is 5.44. The molecule has 0 saturated heterocycles. The van der Waals surface area contributed by atoms with Crippen molar-refractivity contribution in [3.8, 4) is 0 Å². The highest BCUT2D eigenvalue weighted by Gasteiger charge is 2.31. The number of nitrogens with zero attached hydrogens (tertiary/aromatic N) is 1. The van der Waals surface area contributed by atoms with Crippen molar-refractivity contribution in [2.75, 3.05) is 13.6 Å². The van der Waals surface area contributed by atoms with Crippen LogP contribution in [0.5, 0.6) is 0 Å². The van der Waals surface area contributed by atoms with E-state index in [1.54, 1.807) is 11.9 Å².